The van der Waals surface area contributed by atoms with E-state index in [1.54, 1.807) is 11.1 Å². The number of hydrogen-bond acceptors (Lipinski definition) is 8. The van der Waals surface area contributed by atoms with Gasteiger partial charge >= 0.3 is 6.09 Å². The molecule has 2 aliphatic heterocycles. The average Bonchev–Trinajstić information content (AvgIpc) is 2.74. The number of pyridine rings is 1. The number of hydrogen-bond donors (Lipinski definition) is 0. The molecule has 0 atom stereocenters. The van der Waals surface area contributed by atoms with E-state index in [4.69, 9.17) is 14.7 Å². The average molecular weight is 404 g/mol. The summed E-state index contributed by atoms with van der Waals surface area (Å²) in [5, 5.41) is 0. The second-order valence-electron chi connectivity index (χ2n) is 6.73. The minimum absolute atomic E-state index is 0.271. The lowest BCUT2D eigenvalue weighted by Crippen LogP contribution is -2.49. The molecule has 2 fully saturated rings. The summed E-state index contributed by atoms with van der Waals surface area (Å²) in [4.78, 5) is 31.9. The summed E-state index contributed by atoms with van der Waals surface area (Å²) in [6.45, 7) is 6.03. The van der Waals surface area contributed by atoms with Crippen LogP contribution in [0.3, 0.4) is 0 Å². The van der Waals surface area contributed by atoms with Crippen molar-refractivity contribution in [2.75, 3.05) is 67.2 Å². The SMILES string of the molecule is CCOC(=O)N1CCN(c2nc(N3CCS(=O)CC3)c3ncccc3n2)CC1. The predicted molar refractivity (Wildman–Crippen MR) is 108 cm³/mol. The molecule has 1 amide bonds. The number of rotatable bonds is 3. The first-order chi connectivity index (χ1) is 13.7. The van der Waals surface area contributed by atoms with E-state index in [-0.39, 0.29) is 6.09 Å². The van der Waals surface area contributed by atoms with E-state index in [9.17, 15) is 9.00 Å². The van der Waals surface area contributed by atoms with E-state index in [1.807, 2.05) is 19.1 Å². The molecule has 0 aliphatic carbocycles. The number of amides is 1. The number of ether oxygens (including phenoxy) is 1. The van der Waals surface area contributed by atoms with Crippen LogP contribution in [0.5, 0.6) is 0 Å². The highest BCUT2D eigenvalue weighted by Crippen LogP contribution is 2.26. The molecule has 9 nitrogen and oxygen atoms in total. The maximum atomic E-state index is 11.9. The molecule has 2 aromatic rings. The Balaban J connectivity index is 1.58. The molecule has 0 bridgehead atoms. The summed E-state index contributed by atoms with van der Waals surface area (Å²) in [6.07, 6.45) is 1.47. The number of anilines is 2. The van der Waals surface area contributed by atoms with Gasteiger partial charge in [0, 0.05) is 67.8 Å². The molecule has 0 spiro atoms. The smallest absolute Gasteiger partial charge is 0.409 e. The fraction of sp³-hybridized carbons (Fsp3) is 0.556. The van der Waals surface area contributed by atoms with Gasteiger partial charge in [-0.15, -0.1) is 0 Å². The molecule has 28 heavy (non-hydrogen) atoms. The zero-order chi connectivity index (χ0) is 19.5. The molecular weight excluding hydrogens is 380 g/mol. The number of carbonyl (C=O) groups excluding carboxylic acids is 1. The van der Waals surface area contributed by atoms with E-state index >= 15 is 0 Å². The van der Waals surface area contributed by atoms with Crippen molar-refractivity contribution < 1.29 is 13.7 Å². The number of fused-ring (bicyclic) bond motifs is 1. The van der Waals surface area contributed by atoms with Crippen LogP contribution < -0.4 is 9.80 Å². The summed E-state index contributed by atoms with van der Waals surface area (Å²) >= 11 is 0. The fourth-order valence-electron chi connectivity index (χ4n) is 3.46. The van der Waals surface area contributed by atoms with Gasteiger partial charge in [0.25, 0.3) is 0 Å². The standard InChI is InChI=1S/C18H24N6O3S/c1-2-27-18(25)24-8-6-23(7-9-24)17-20-14-4-3-5-19-15(14)16(21-17)22-10-12-28(26)13-11-22/h3-5H,2,6-13H2,1H3. The molecule has 2 saturated heterocycles. The van der Waals surface area contributed by atoms with Gasteiger partial charge in [-0.1, -0.05) is 0 Å². The molecule has 0 saturated carbocycles. The topological polar surface area (TPSA) is 91.8 Å². The van der Waals surface area contributed by atoms with Crippen LogP contribution in [0, 0.1) is 0 Å². The lowest BCUT2D eigenvalue weighted by Gasteiger charge is -2.35. The van der Waals surface area contributed by atoms with Crippen molar-refractivity contribution in [3.8, 4) is 0 Å². The number of carbonyl (C=O) groups is 1. The first-order valence-corrected chi connectivity index (χ1v) is 11.0. The third-order valence-corrected chi connectivity index (χ3v) is 6.27. The van der Waals surface area contributed by atoms with E-state index in [0.717, 1.165) is 16.9 Å². The quantitative estimate of drug-likeness (QED) is 0.744. The van der Waals surface area contributed by atoms with Crippen molar-refractivity contribution in [3.63, 3.8) is 0 Å². The third kappa shape index (κ3) is 3.87. The van der Waals surface area contributed by atoms with Crippen LogP contribution in [0.25, 0.3) is 11.0 Å². The van der Waals surface area contributed by atoms with E-state index in [2.05, 4.69) is 14.8 Å². The molecule has 2 aliphatic rings. The van der Waals surface area contributed by atoms with Crippen molar-refractivity contribution in [2.24, 2.45) is 0 Å². The molecule has 0 radical (unpaired) electrons. The summed E-state index contributed by atoms with van der Waals surface area (Å²) in [5.41, 5.74) is 1.56. The molecule has 4 rings (SSSR count). The second-order valence-corrected chi connectivity index (χ2v) is 8.42. The summed E-state index contributed by atoms with van der Waals surface area (Å²) in [5.74, 6) is 2.73. The van der Waals surface area contributed by atoms with Gasteiger partial charge in [-0.05, 0) is 19.1 Å². The maximum absolute atomic E-state index is 11.9. The Morgan fingerprint density at radius 2 is 1.86 bits per heavy atom. The molecule has 10 heteroatoms. The third-order valence-electron chi connectivity index (χ3n) is 4.99. The Morgan fingerprint density at radius 3 is 2.57 bits per heavy atom. The Hall–Kier alpha value is -2.49. The van der Waals surface area contributed by atoms with Crippen molar-refractivity contribution in [2.45, 2.75) is 6.92 Å². The monoisotopic (exact) mass is 404 g/mol. The molecule has 2 aromatic heterocycles. The first kappa shape index (κ1) is 18.9. The Bertz CT molecular complexity index is 877. The minimum Gasteiger partial charge on any atom is -0.450 e. The molecule has 4 heterocycles. The van der Waals surface area contributed by atoms with Crippen molar-refractivity contribution in [3.05, 3.63) is 18.3 Å². The van der Waals surface area contributed by atoms with E-state index < -0.39 is 10.8 Å². The fourth-order valence-corrected chi connectivity index (χ4v) is 4.51. The van der Waals surface area contributed by atoms with Gasteiger partial charge in [0.2, 0.25) is 5.95 Å². The first-order valence-electron chi connectivity index (χ1n) is 9.55. The number of piperazine rings is 1. The predicted octanol–water partition coefficient (Wildman–Crippen LogP) is 0.872. The second kappa shape index (κ2) is 8.26. The van der Waals surface area contributed by atoms with Gasteiger partial charge in [0.05, 0.1) is 12.1 Å². The summed E-state index contributed by atoms with van der Waals surface area (Å²) in [7, 11) is -0.754. The summed E-state index contributed by atoms with van der Waals surface area (Å²) in [6, 6.07) is 3.81. The van der Waals surface area contributed by atoms with Crippen molar-refractivity contribution in [1.82, 2.24) is 19.9 Å². The number of nitrogens with zero attached hydrogens (tertiary/aromatic N) is 6. The van der Waals surface area contributed by atoms with Crippen molar-refractivity contribution >= 4 is 39.7 Å². The van der Waals surface area contributed by atoms with Crippen LogP contribution in [-0.2, 0) is 15.5 Å². The van der Waals surface area contributed by atoms with Gasteiger partial charge in [-0.2, -0.15) is 4.98 Å². The molecule has 0 aromatic carbocycles. The van der Waals surface area contributed by atoms with Crippen LogP contribution in [0.2, 0.25) is 0 Å². The Labute approximate surface area is 166 Å². The highest BCUT2D eigenvalue weighted by Gasteiger charge is 2.26. The van der Waals surface area contributed by atoms with Crippen LogP contribution in [0.15, 0.2) is 18.3 Å². The largest absolute Gasteiger partial charge is 0.450 e. The van der Waals surface area contributed by atoms with Gasteiger partial charge in [0.1, 0.15) is 5.52 Å². The zero-order valence-electron chi connectivity index (χ0n) is 15.9. The van der Waals surface area contributed by atoms with Crippen LogP contribution in [0.1, 0.15) is 6.92 Å². The molecule has 0 N–H and O–H groups in total. The van der Waals surface area contributed by atoms with Gasteiger partial charge in [0.15, 0.2) is 5.82 Å². The Kier molecular flexibility index (Phi) is 5.56. The summed E-state index contributed by atoms with van der Waals surface area (Å²) < 4.78 is 16.8. The van der Waals surface area contributed by atoms with Gasteiger partial charge < -0.3 is 19.4 Å². The van der Waals surface area contributed by atoms with Gasteiger partial charge in [-0.3, -0.25) is 9.19 Å². The normalized spacial score (nSPS) is 18.5. The van der Waals surface area contributed by atoms with Crippen LogP contribution >= 0.6 is 0 Å². The maximum Gasteiger partial charge on any atom is 0.409 e. The van der Waals surface area contributed by atoms with Gasteiger partial charge in [-0.25, -0.2) is 9.78 Å². The molecule has 150 valence electrons. The lowest BCUT2D eigenvalue weighted by atomic mass is 10.3. The van der Waals surface area contributed by atoms with E-state index in [0.29, 0.717) is 63.3 Å². The zero-order valence-corrected chi connectivity index (χ0v) is 16.7. The number of aromatic nitrogens is 3. The van der Waals surface area contributed by atoms with Crippen LogP contribution in [-0.4, -0.2) is 87.5 Å². The lowest BCUT2D eigenvalue weighted by molar-refractivity contribution is 0.105. The van der Waals surface area contributed by atoms with E-state index in [1.165, 1.54) is 0 Å². The Morgan fingerprint density at radius 1 is 1.11 bits per heavy atom. The van der Waals surface area contributed by atoms with Crippen molar-refractivity contribution in [1.29, 1.82) is 0 Å². The molecular formula is C18H24N6O3S. The highest BCUT2D eigenvalue weighted by atomic mass is 32.2. The molecule has 0 unspecified atom stereocenters. The minimum atomic E-state index is -0.754. The van der Waals surface area contributed by atoms with Crippen LogP contribution in [0.4, 0.5) is 16.6 Å². The highest BCUT2D eigenvalue weighted by molar-refractivity contribution is 7.85.